The summed E-state index contributed by atoms with van der Waals surface area (Å²) in [6.45, 7) is 3.63. The standard InChI is InChI=1S/C12H14FIO/c1-2-3-4-5-12(15)10-7-6-9(13)8-11(10)14/h2,6-8,12,15H,1,3-5H2. The maximum absolute atomic E-state index is 12.8. The number of unbranched alkanes of at least 4 members (excludes halogenated alkanes) is 1. The van der Waals surface area contributed by atoms with E-state index in [4.69, 9.17) is 0 Å². The molecule has 0 fully saturated rings. The first kappa shape index (κ1) is 12.6. The zero-order chi connectivity index (χ0) is 11.3. The van der Waals surface area contributed by atoms with Crippen molar-refractivity contribution in [2.24, 2.45) is 0 Å². The molecule has 0 saturated carbocycles. The molecule has 0 radical (unpaired) electrons. The molecule has 15 heavy (non-hydrogen) atoms. The van der Waals surface area contributed by atoms with Crippen molar-refractivity contribution in [1.29, 1.82) is 0 Å². The smallest absolute Gasteiger partial charge is 0.124 e. The molecule has 1 unspecified atom stereocenters. The lowest BCUT2D eigenvalue weighted by Crippen LogP contribution is -2.00. The molecular formula is C12H14FIO. The van der Waals surface area contributed by atoms with Gasteiger partial charge in [0.25, 0.3) is 0 Å². The molecule has 0 bridgehead atoms. The van der Waals surface area contributed by atoms with Crippen LogP contribution in [0, 0.1) is 9.39 Å². The molecule has 0 aliphatic rings. The normalized spacial score (nSPS) is 12.5. The monoisotopic (exact) mass is 320 g/mol. The summed E-state index contributed by atoms with van der Waals surface area (Å²) in [4.78, 5) is 0. The van der Waals surface area contributed by atoms with Crippen molar-refractivity contribution in [1.82, 2.24) is 0 Å². The quantitative estimate of drug-likeness (QED) is 0.497. The number of aliphatic hydroxyl groups is 1. The van der Waals surface area contributed by atoms with Gasteiger partial charge in [-0.2, -0.15) is 0 Å². The molecule has 1 aromatic carbocycles. The Labute approximate surface area is 103 Å². The topological polar surface area (TPSA) is 20.2 Å². The average Bonchev–Trinajstić information content (AvgIpc) is 2.17. The molecular weight excluding hydrogens is 306 g/mol. The van der Waals surface area contributed by atoms with Crippen LogP contribution in [0.1, 0.15) is 30.9 Å². The first-order chi connectivity index (χ1) is 7.15. The molecule has 0 aliphatic heterocycles. The zero-order valence-corrected chi connectivity index (χ0v) is 10.6. The van der Waals surface area contributed by atoms with Crippen molar-refractivity contribution in [2.45, 2.75) is 25.4 Å². The van der Waals surface area contributed by atoms with Gasteiger partial charge >= 0.3 is 0 Å². The summed E-state index contributed by atoms with van der Waals surface area (Å²) >= 11 is 2.04. The van der Waals surface area contributed by atoms with Crippen molar-refractivity contribution in [3.8, 4) is 0 Å². The van der Waals surface area contributed by atoms with Crippen LogP contribution in [0.25, 0.3) is 0 Å². The van der Waals surface area contributed by atoms with Crippen LogP contribution in [0.5, 0.6) is 0 Å². The molecule has 0 aromatic heterocycles. The van der Waals surface area contributed by atoms with E-state index in [9.17, 15) is 9.50 Å². The van der Waals surface area contributed by atoms with Gasteiger partial charge in [-0.1, -0.05) is 12.1 Å². The third kappa shape index (κ3) is 3.91. The van der Waals surface area contributed by atoms with Crippen molar-refractivity contribution < 1.29 is 9.50 Å². The van der Waals surface area contributed by atoms with Crippen LogP contribution in [0.4, 0.5) is 4.39 Å². The second kappa shape index (κ2) is 6.23. The number of aliphatic hydroxyl groups excluding tert-OH is 1. The van der Waals surface area contributed by atoms with E-state index in [1.54, 1.807) is 6.07 Å². The van der Waals surface area contributed by atoms with Crippen LogP contribution in [0.3, 0.4) is 0 Å². The van der Waals surface area contributed by atoms with Gasteiger partial charge < -0.3 is 5.11 Å². The average molecular weight is 320 g/mol. The van der Waals surface area contributed by atoms with Gasteiger partial charge in [-0.15, -0.1) is 6.58 Å². The molecule has 0 amide bonds. The zero-order valence-electron chi connectivity index (χ0n) is 8.42. The van der Waals surface area contributed by atoms with E-state index in [0.717, 1.165) is 22.0 Å². The molecule has 1 aromatic rings. The third-order valence-corrected chi connectivity index (χ3v) is 3.14. The van der Waals surface area contributed by atoms with Gasteiger partial charge in [0.05, 0.1) is 6.10 Å². The van der Waals surface area contributed by atoms with E-state index in [0.29, 0.717) is 6.42 Å². The molecule has 1 N–H and O–H groups in total. The fourth-order valence-corrected chi connectivity index (χ4v) is 2.22. The van der Waals surface area contributed by atoms with Crippen LogP contribution in [0.2, 0.25) is 0 Å². The van der Waals surface area contributed by atoms with Gasteiger partial charge in [0.15, 0.2) is 0 Å². The molecule has 3 heteroatoms. The van der Waals surface area contributed by atoms with Crippen LogP contribution < -0.4 is 0 Å². The minimum atomic E-state index is -0.502. The van der Waals surface area contributed by atoms with Gasteiger partial charge in [-0.25, -0.2) is 4.39 Å². The Morgan fingerprint density at radius 3 is 2.87 bits per heavy atom. The number of hydrogen-bond acceptors (Lipinski definition) is 1. The highest BCUT2D eigenvalue weighted by Gasteiger charge is 2.10. The van der Waals surface area contributed by atoms with Crippen LogP contribution >= 0.6 is 22.6 Å². The number of benzene rings is 1. The molecule has 0 saturated heterocycles. The highest BCUT2D eigenvalue weighted by Crippen LogP contribution is 2.24. The maximum Gasteiger partial charge on any atom is 0.124 e. The predicted molar refractivity (Wildman–Crippen MR) is 68.1 cm³/mol. The third-order valence-electron chi connectivity index (χ3n) is 2.21. The van der Waals surface area contributed by atoms with Crippen molar-refractivity contribution in [3.05, 3.63) is 45.8 Å². The Morgan fingerprint density at radius 1 is 1.53 bits per heavy atom. The summed E-state index contributed by atoms with van der Waals surface area (Å²) in [7, 11) is 0. The number of hydrogen-bond donors (Lipinski definition) is 1. The minimum Gasteiger partial charge on any atom is -0.388 e. The highest BCUT2D eigenvalue weighted by molar-refractivity contribution is 14.1. The lowest BCUT2D eigenvalue weighted by Gasteiger charge is -2.12. The van der Waals surface area contributed by atoms with E-state index < -0.39 is 6.10 Å². The van der Waals surface area contributed by atoms with Gasteiger partial charge in [0.1, 0.15) is 5.82 Å². The Bertz CT molecular complexity index is 338. The van der Waals surface area contributed by atoms with Crippen molar-refractivity contribution >= 4 is 22.6 Å². The summed E-state index contributed by atoms with van der Waals surface area (Å²) in [6, 6.07) is 4.47. The molecule has 1 rings (SSSR count). The molecule has 82 valence electrons. The number of halogens is 2. The van der Waals surface area contributed by atoms with Crippen LogP contribution in [-0.4, -0.2) is 5.11 Å². The lowest BCUT2D eigenvalue weighted by molar-refractivity contribution is 0.164. The summed E-state index contributed by atoms with van der Waals surface area (Å²) in [6.07, 6.45) is 3.82. The van der Waals surface area contributed by atoms with E-state index >= 15 is 0 Å². The van der Waals surface area contributed by atoms with E-state index in [-0.39, 0.29) is 5.82 Å². The van der Waals surface area contributed by atoms with Gasteiger partial charge in [0, 0.05) is 3.57 Å². The molecule has 1 nitrogen and oxygen atoms in total. The molecule has 1 atom stereocenters. The van der Waals surface area contributed by atoms with E-state index in [2.05, 4.69) is 6.58 Å². The second-order valence-electron chi connectivity index (χ2n) is 3.40. The highest BCUT2D eigenvalue weighted by atomic mass is 127. The van der Waals surface area contributed by atoms with Gasteiger partial charge in [-0.3, -0.25) is 0 Å². The van der Waals surface area contributed by atoms with Gasteiger partial charge in [0.2, 0.25) is 0 Å². The number of allylic oxidation sites excluding steroid dienone is 1. The fraction of sp³-hybridized carbons (Fsp3) is 0.333. The fourth-order valence-electron chi connectivity index (χ4n) is 1.38. The van der Waals surface area contributed by atoms with Crippen molar-refractivity contribution in [2.75, 3.05) is 0 Å². The van der Waals surface area contributed by atoms with Gasteiger partial charge in [-0.05, 0) is 59.5 Å². The Hall–Kier alpha value is -0.420. The Balaban J connectivity index is 2.64. The largest absolute Gasteiger partial charge is 0.388 e. The Morgan fingerprint density at radius 2 is 2.27 bits per heavy atom. The Kier molecular flexibility index (Phi) is 5.25. The lowest BCUT2D eigenvalue weighted by atomic mass is 10.0. The second-order valence-corrected chi connectivity index (χ2v) is 4.56. The van der Waals surface area contributed by atoms with Crippen molar-refractivity contribution in [3.63, 3.8) is 0 Å². The predicted octanol–water partition coefficient (Wildman–Crippen LogP) is 3.82. The molecule has 0 heterocycles. The maximum atomic E-state index is 12.8. The first-order valence-corrected chi connectivity index (χ1v) is 5.97. The SMILES string of the molecule is C=CCCCC(O)c1ccc(F)cc1I. The first-order valence-electron chi connectivity index (χ1n) is 4.89. The van der Waals surface area contributed by atoms with E-state index in [1.807, 2.05) is 28.7 Å². The summed E-state index contributed by atoms with van der Waals surface area (Å²) in [5.41, 5.74) is 0.807. The summed E-state index contributed by atoms with van der Waals surface area (Å²) in [5, 5.41) is 9.86. The van der Waals surface area contributed by atoms with Crippen LogP contribution in [-0.2, 0) is 0 Å². The van der Waals surface area contributed by atoms with Crippen LogP contribution in [0.15, 0.2) is 30.9 Å². The summed E-state index contributed by atoms with van der Waals surface area (Å²) in [5.74, 6) is -0.263. The minimum absolute atomic E-state index is 0.263. The molecule has 0 aliphatic carbocycles. The van der Waals surface area contributed by atoms with E-state index in [1.165, 1.54) is 12.1 Å². The summed E-state index contributed by atoms with van der Waals surface area (Å²) < 4.78 is 13.6. The number of rotatable bonds is 5. The molecule has 0 spiro atoms.